The molecule has 0 aliphatic heterocycles. The van der Waals surface area contributed by atoms with Gasteiger partial charge in [-0.05, 0) is 30.7 Å². The monoisotopic (exact) mass is 289 g/mol. The lowest BCUT2D eigenvalue weighted by Gasteiger charge is -2.21. The zero-order valence-corrected chi connectivity index (χ0v) is 12.1. The van der Waals surface area contributed by atoms with Crippen LogP contribution in [0.4, 0.5) is 14.5 Å². The van der Waals surface area contributed by atoms with E-state index in [9.17, 15) is 13.6 Å². The first kappa shape index (κ1) is 15.2. The molecule has 0 amide bonds. The number of aryl methyl sites for hydroxylation is 1. The van der Waals surface area contributed by atoms with Gasteiger partial charge in [-0.2, -0.15) is 0 Å². The zero-order valence-electron chi connectivity index (χ0n) is 12.1. The molecule has 110 valence electrons. The largest absolute Gasteiger partial charge is 0.374 e. The Morgan fingerprint density at radius 3 is 2.52 bits per heavy atom. The number of hydrogen-bond donors (Lipinski definition) is 0. The van der Waals surface area contributed by atoms with Crippen LogP contribution in [0.3, 0.4) is 0 Å². The molecule has 4 heteroatoms. The topological polar surface area (TPSA) is 20.3 Å². The summed E-state index contributed by atoms with van der Waals surface area (Å²) < 4.78 is 26.7. The third-order valence-electron chi connectivity index (χ3n) is 3.45. The average Bonchev–Trinajstić information content (AvgIpc) is 2.47. The van der Waals surface area contributed by atoms with Gasteiger partial charge in [0, 0.05) is 25.7 Å². The van der Waals surface area contributed by atoms with Crippen LogP contribution in [0.2, 0.25) is 0 Å². The lowest BCUT2D eigenvalue weighted by atomic mass is 10.1. The average molecular weight is 289 g/mol. The minimum atomic E-state index is -1.07. The van der Waals surface area contributed by atoms with Gasteiger partial charge in [-0.25, -0.2) is 8.78 Å². The Hall–Kier alpha value is -2.23. The minimum absolute atomic E-state index is 0.130. The number of rotatable bonds is 5. The molecule has 0 bridgehead atoms. The van der Waals surface area contributed by atoms with Crippen molar-refractivity contribution in [3.8, 4) is 0 Å². The molecule has 0 saturated carbocycles. The summed E-state index contributed by atoms with van der Waals surface area (Å²) in [5, 5.41) is 0. The molecule has 0 radical (unpaired) electrons. The van der Waals surface area contributed by atoms with Gasteiger partial charge in [0.15, 0.2) is 17.4 Å². The quantitative estimate of drug-likeness (QED) is 0.776. The van der Waals surface area contributed by atoms with Crippen molar-refractivity contribution in [3.05, 3.63) is 65.2 Å². The van der Waals surface area contributed by atoms with Crippen molar-refractivity contribution in [2.24, 2.45) is 0 Å². The van der Waals surface area contributed by atoms with Crippen molar-refractivity contribution in [1.82, 2.24) is 0 Å². The Kier molecular flexibility index (Phi) is 4.68. The van der Waals surface area contributed by atoms with Crippen LogP contribution >= 0.6 is 0 Å². The van der Waals surface area contributed by atoms with E-state index in [1.165, 1.54) is 12.1 Å². The highest BCUT2D eigenvalue weighted by Crippen LogP contribution is 2.19. The summed E-state index contributed by atoms with van der Waals surface area (Å²) >= 11 is 0. The van der Waals surface area contributed by atoms with Crippen LogP contribution in [0.15, 0.2) is 42.5 Å². The lowest BCUT2D eigenvalue weighted by molar-refractivity contribution is 0.0980. The van der Waals surface area contributed by atoms with Crippen LogP contribution in [-0.4, -0.2) is 19.4 Å². The van der Waals surface area contributed by atoms with E-state index in [-0.39, 0.29) is 12.0 Å². The van der Waals surface area contributed by atoms with Gasteiger partial charge in [0.05, 0.1) is 5.56 Å². The van der Waals surface area contributed by atoms with Crippen LogP contribution in [0.5, 0.6) is 0 Å². The summed E-state index contributed by atoms with van der Waals surface area (Å²) in [6.07, 6.45) is 0.130. The molecule has 0 aliphatic carbocycles. The first-order valence-corrected chi connectivity index (χ1v) is 6.74. The van der Waals surface area contributed by atoms with E-state index in [1.807, 2.05) is 43.1 Å². The second kappa shape index (κ2) is 6.48. The molecule has 0 spiro atoms. The van der Waals surface area contributed by atoms with Gasteiger partial charge in [-0.1, -0.05) is 24.3 Å². The van der Waals surface area contributed by atoms with Crippen molar-refractivity contribution in [3.63, 3.8) is 0 Å². The SMILES string of the molecule is Cc1ccccc1N(C)CCC(=O)c1cccc(F)c1F. The van der Waals surface area contributed by atoms with E-state index in [1.54, 1.807) is 0 Å². The number of para-hydroxylation sites is 1. The van der Waals surface area contributed by atoms with E-state index >= 15 is 0 Å². The molecule has 0 unspecified atom stereocenters. The van der Waals surface area contributed by atoms with Gasteiger partial charge < -0.3 is 4.90 Å². The van der Waals surface area contributed by atoms with Gasteiger partial charge in [0.1, 0.15) is 0 Å². The highest BCUT2D eigenvalue weighted by molar-refractivity contribution is 5.96. The highest BCUT2D eigenvalue weighted by Gasteiger charge is 2.15. The molecule has 2 aromatic carbocycles. The summed E-state index contributed by atoms with van der Waals surface area (Å²) in [4.78, 5) is 13.9. The van der Waals surface area contributed by atoms with Gasteiger partial charge in [-0.15, -0.1) is 0 Å². The zero-order chi connectivity index (χ0) is 15.4. The van der Waals surface area contributed by atoms with Gasteiger partial charge in [0.25, 0.3) is 0 Å². The van der Waals surface area contributed by atoms with E-state index in [0.717, 1.165) is 17.3 Å². The number of benzene rings is 2. The molecule has 0 saturated heterocycles. The molecule has 2 aromatic rings. The maximum atomic E-state index is 13.6. The summed E-state index contributed by atoms with van der Waals surface area (Å²) in [7, 11) is 1.87. The molecule has 0 heterocycles. The Bertz CT molecular complexity index is 655. The van der Waals surface area contributed by atoms with Crippen LogP contribution in [0, 0.1) is 18.6 Å². The standard InChI is InChI=1S/C17H17F2NO/c1-12-6-3-4-9-15(12)20(2)11-10-16(21)13-7-5-8-14(18)17(13)19/h3-9H,10-11H2,1-2H3. The molecular formula is C17H17F2NO. The molecule has 0 N–H and O–H groups in total. The van der Waals surface area contributed by atoms with Crippen molar-refractivity contribution in [1.29, 1.82) is 0 Å². The third kappa shape index (κ3) is 3.45. The fraction of sp³-hybridized carbons (Fsp3) is 0.235. The van der Waals surface area contributed by atoms with Gasteiger partial charge in [-0.3, -0.25) is 4.79 Å². The first-order chi connectivity index (χ1) is 10.0. The molecule has 2 nitrogen and oxygen atoms in total. The highest BCUT2D eigenvalue weighted by atomic mass is 19.2. The fourth-order valence-corrected chi connectivity index (χ4v) is 2.24. The van der Waals surface area contributed by atoms with Crippen molar-refractivity contribution < 1.29 is 13.6 Å². The fourth-order valence-electron chi connectivity index (χ4n) is 2.24. The number of carbonyl (C=O) groups is 1. The lowest BCUT2D eigenvalue weighted by Crippen LogP contribution is -2.22. The molecule has 21 heavy (non-hydrogen) atoms. The second-order valence-electron chi connectivity index (χ2n) is 4.98. The number of ketones is 1. The predicted octanol–water partition coefficient (Wildman–Crippen LogP) is 3.98. The van der Waals surface area contributed by atoms with Crippen molar-refractivity contribution in [2.45, 2.75) is 13.3 Å². The van der Waals surface area contributed by atoms with E-state index in [0.29, 0.717) is 6.54 Å². The van der Waals surface area contributed by atoms with Gasteiger partial charge >= 0.3 is 0 Å². The summed E-state index contributed by atoms with van der Waals surface area (Å²) in [6, 6.07) is 11.5. The number of hydrogen-bond acceptors (Lipinski definition) is 2. The Morgan fingerprint density at radius 2 is 1.81 bits per heavy atom. The minimum Gasteiger partial charge on any atom is -0.374 e. The maximum Gasteiger partial charge on any atom is 0.169 e. The van der Waals surface area contributed by atoms with Crippen LogP contribution in [-0.2, 0) is 0 Å². The van der Waals surface area contributed by atoms with Crippen LogP contribution < -0.4 is 4.90 Å². The predicted molar refractivity (Wildman–Crippen MR) is 79.8 cm³/mol. The molecule has 0 aliphatic rings. The van der Waals surface area contributed by atoms with E-state index in [4.69, 9.17) is 0 Å². The Balaban J connectivity index is 2.04. The number of Topliss-reactive ketones (excluding diaryl/α,β-unsaturated/α-hetero) is 1. The van der Waals surface area contributed by atoms with Crippen LogP contribution in [0.1, 0.15) is 22.3 Å². The maximum absolute atomic E-state index is 13.6. The van der Waals surface area contributed by atoms with Gasteiger partial charge in [0.2, 0.25) is 0 Å². The molecule has 0 fully saturated rings. The van der Waals surface area contributed by atoms with Crippen LogP contribution in [0.25, 0.3) is 0 Å². The van der Waals surface area contributed by atoms with E-state index in [2.05, 4.69) is 0 Å². The normalized spacial score (nSPS) is 10.5. The molecule has 2 rings (SSSR count). The molecular weight excluding hydrogens is 272 g/mol. The summed E-state index contributed by atoms with van der Waals surface area (Å²) in [5.41, 5.74) is 1.93. The molecule has 0 aromatic heterocycles. The molecule has 0 atom stereocenters. The number of nitrogens with zero attached hydrogens (tertiary/aromatic N) is 1. The Labute approximate surface area is 123 Å². The second-order valence-corrected chi connectivity index (χ2v) is 4.98. The smallest absolute Gasteiger partial charge is 0.169 e. The van der Waals surface area contributed by atoms with E-state index < -0.39 is 17.4 Å². The first-order valence-electron chi connectivity index (χ1n) is 6.74. The number of carbonyl (C=O) groups excluding carboxylic acids is 1. The number of halogens is 2. The summed E-state index contributed by atoms with van der Waals surface area (Å²) in [5.74, 6) is -2.46. The third-order valence-corrected chi connectivity index (χ3v) is 3.45. The van der Waals surface area contributed by atoms with Crippen molar-refractivity contribution >= 4 is 11.5 Å². The Morgan fingerprint density at radius 1 is 1.10 bits per heavy atom. The van der Waals surface area contributed by atoms with Crippen molar-refractivity contribution in [2.75, 3.05) is 18.5 Å². The summed E-state index contributed by atoms with van der Waals surface area (Å²) in [6.45, 7) is 2.43. The number of anilines is 1.